The highest BCUT2D eigenvalue weighted by molar-refractivity contribution is 6.33. The number of carbonyl (C=O) groups excluding carboxylic acids is 2. The number of anilines is 1. The monoisotopic (exact) mass is 460 g/mol. The number of benzene rings is 2. The number of rotatable bonds is 8. The Morgan fingerprint density at radius 3 is 2.42 bits per heavy atom. The molecule has 0 fully saturated rings. The number of hydrogen-bond donors (Lipinski definition) is 3. The first-order valence-corrected chi connectivity index (χ1v) is 10.7. The average Bonchev–Trinajstić information content (AvgIpc) is 2.79. The zero-order chi connectivity index (χ0) is 24.1. The molecule has 0 amide bonds. The summed E-state index contributed by atoms with van der Waals surface area (Å²) in [5.74, 6) is -0.141. The van der Waals surface area contributed by atoms with Gasteiger partial charge in [-0.15, -0.1) is 0 Å². The maximum atomic E-state index is 12.2. The van der Waals surface area contributed by atoms with E-state index in [1.54, 1.807) is 43.5 Å². The Labute approximate surface area is 198 Å². The van der Waals surface area contributed by atoms with Crippen LogP contribution in [0.4, 0.5) is 5.69 Å². The lowest BCUT2D eigenvalue weighted by Gasteiger charge is -2.20. The lowest BCUT2D eigenvalue weighted by atomic mass is 9.94. The third-order valence-corrected chi connectivity index (χ3v) is 5.57. The molecule has 4 N–H and O–H groups in total. The number of allylic oxidation sites excluding steroid dienone is 2. The van der Waals surface area contributed by atoms with Crippen molar-refractivity contribution < 1.29 is 9.59 Å². The number of aldehydes is 1. The molecule has 0 spiro atoms. The first-order valence-electron chi connectivity index (χ1n) is 10.4. The van der Waals surface area contributed by atoms with E-state index in [0.29, 0.717) is 45.5 Å². The molecule has 3 aromatic rings. The molecule has 0 aliphatic rings. The number of nitrogens with zero attached hydrogens (tertiary/aromatic N) is 1. The summed E-state index contributed by atoms with van der Waals surface area (Å²) >= 11 is 6.19. The van der Waals surface area contributed by atoms with E-state index in [-0.39, 0.29) is 22.6 Å². The molecule has 6 nitrogen and oxygen atoms in total. The lowest BCUT2D eigenvalue weighted by Crippen LogP contribution is -2.14. The number of nitrogens with one attached hydrogen (secondary N) is 2. The Balaban J connectivity index is 2.11. The molecular formula is C26H25ClN4O2. The molecule has 0 aliphatic heterocycles. The highest BCUT2D eigenvalue weighted by Gasteiger charge is 2.18. The van der Waals surface area contributed by atoms with Crippen LogP contribution in [0.15, 0.2) is 66.5 Å². The van der Waals surface area contributed by atoms with Crippen molar-refractivity contribution in [2.45, 2.75) is 26.8 Å². The number of Topliss-reactive ketones (excluding diaryl/α,β-unsaturated/α-hetero) is 1. The second-order valence-corrected chi connectivity index (χ2v) is 8.13. The highest BCUT2D eigenvalue weighted by atomic mass is 35.5. The number of aromatic nitrogens is 1. The van der Waals surface area contributed by atoms with Crippen LogP contribution in [0.1, 0.15) is 59.6 Å². The second-order valence-electron chi connectivity index (χ2n) is 7.72. The van der Waals surface area contributed by atoms with Gasteiger partial charge < -0.3 is 11.1 Å². The van der Waals surface area contributed by atoms with Crippen LogP contribution in [0.25, 0.3) is 5.57 Å². The van der Waals surface area contributed by atoms with Gasteiger partial charge in [-0.05, 0) is 56.7 Å². The van der Waals surface area contributed by atoms with Gasteiger partial charge in [0.15, 0.2) is 12.1 Å². The Bertz CT molecular complexity index is 1250. The zero-order valence-electron chi connectivity index (χ0n) is 18.6. The van der Waals surface area contributed by atoms with Gasteiger partial charge in [0.05, 0.1) is 22.5 Å². The number of nitrogens with two attached hydrogens (primary N) is 1. The van der Waals surface area contributed by atoms with Crippen molar-refractivity contribution in [3.63, 3.8) is 0 Å². The molecule has 0 aliphatic carbocycles. The molecule has 1 aromatic heterocycles. The first kappa shape index (κ1) is 23.9. The summed E-state index contributed by atoms with van der Waals surface area (Å²) in [7, 11) is 0. The molecule has 7 heteroatoms. The van der Waals surface area contributed by atoms with Crippen molar-refractivity contribution in [3.05, 3.63) is 99.5 Å². The van der Waals surface area contributed by atoms with E-state index in [4.69, 9.17) is 22.7 Å². The Morgan fingerprint density at radius 1 is 1.12 bits per heavy atom. The van der Waals surface area contributed by atoms with E-state index < -0.39 is 0 Å². The number of pyridine rings is 1. The highest BCUT2D eigenvalue weighted by Crippen LogP contribution is 2.30. The lowest BCUT2D eigenvalue weighted by molar-refractivity contribution is -0.111. The SMILES string of the molecule is CC(=O)C(=C(C)N)c1ccc(C(=N)c2ccc(C=O)c(Cl)c2)c(N[C@@H](C)c2ccccn2)c1. The van der Waals surface area contributed by atoms with Crippen molar-refractivity contribution in [3.8, 4) is 0 Å². The first-order chi connectivity index (χ1) is 15.7. The summed E-state index contributed by atoms with van der Waals surface area (Å²) < 4.78 is 0. The topological polar surface area (TPSA) is 109 Å². The standard InChI is InChI=1S/C26H25ClN4O2/c1-15(28)25(17(3)33)18-9-10-21(26(29)19-7-8-20(14-32)22(27)12-19)24(13-18)31-16(2)23-6-4-5-11-30-23/h4-14,16,29,31H,28H2,1-3H3/t16-/m0/s1. The summed E-state index contributed by atoms with van der Waals surface area (Å²) in [6.45, 7) is 5.13. The van der Waals surface area contributed by atoms with Crippen LogP contribution >= 0.6 is 11.6 Å². The van der Waals surface area contributed by atoms with Gasteiger partial charge >= 0.3 is 0 Å². The summed E-state index contributed by atoms with van der Waals surface area (Å²) in [6, 6.07) is 15.7. The van der Waals surface area contributed by atoms with Gasteiger partial charge in [-0.25, -0.2) is 0 Å². The predicted molar refractivity (Wildman–Crippen MR) is 133 cm³/mol. The van der Waals surface area contributed by atoms with Gasteiger partial charge in [0, 0.05) is 39.8 Å². The van der Waals surface area contributed by atoms with Crippen molar-refractivity contribution >= 4 is 40.6 Å². The minimum Gasteiger partial charge on any atom is -0.402 e. The van der Waals surface area contributed by atoms with Crippen LogP contribution in [0, 0.1) is 5.41 Å². The third-order valence-electron chi connectivity index (χ3n) is 5.24. The quantitative estimate of drug-likeness (QED) is 0.236. The summed E-state index contributed by atoms with van der Waals surface area (Å²) in [6.07, 6.45) is 2.40. The Hall–Kier alpha value is -3.77. The molecule has 0 bridgehead atoms. The maximum absolute atomic E-state index is 12.2. The molecule has 2 aromatic carbocycles. The summed E-state index contributed by atoms with van der Waals surface area (Å²) in [5, 5.41) is 12.5. The van der Waals surface area contributed by atoms with E-state index in [0.717, 1.165) is 5.69 Å². The van der Waals surface area contributed by atoms with Crippen LogP contribution in [-0.2, 0) is 4.79 Å². The van der Waals surface area contributed by atoms with Crippen LogP contribution in [0.3, 0.4) is 0 Å². The van der Waals surface area contributed by atoms with Crippen molar-refractivity contribution in [2.24, 2.45) is 5.73 Å². The van der Waals surface area contributed by atoms with E-state index in [1.165, 1.54) is 6.92 Å². The predicted octanol–water partition coefficient (Wildman–Crippen LogP) is 5.42. The summed E-state index contributed by atoms with van der Waals surface area (Å²) in [4.78, 5) is 27.7. The Kier molecular flexibility index (Phi) is 7.41. The van der Waals surface area contributed by atoms with Crippen molar-refractivity contribution in [2.75, 3.05) is 5.32 Å². The summed E-state index contributed by atoms with van der Waals surface area (Å²) in [5.41, 5.74) is 10.7. The third kappa shape index (κ3) is 5.35. The van der Waals surface area contributed by atoms with E-state index in [9.17, 15) is 9.59 Å². The molecule has 1 heterocycles. The Morgan fingerprint density at radius 2 is 1.85 bits per heavy atom. The van der Waals surface area contributed by atoms with Crippen molar-refractivity contribution in [1.29, 1.82) is 5.41 Å². The molecule has 0 radical (unpaired) electrons. The molecular weight excluding hydrogens is 436 g/mol. The van der Waals surface area contributed by atoms with Crippen LogP contribution in [-0.4, -0.2) is 22.8 Å². The molecule has 168 valence electrons. The number of halogens is 1. The van der Waals surface area contributed by atoms with Crippen LogP contribution in [0.2, 0.25) is 5.02 Å². The van der Waals surface area contributed by atoms with Crippen molar-refractivity contribution in [1.82, 2.24) is 4.98 Å². The smallest absolute Gasteiger partial charge is 0.162 e. The maximum Gasteiger partial charge on any atom is 0.162 e. The second kappa shape index (κ2) is 10.2. The van der Waals surface area contributed by atoms with E-state index in [2.05, 4.69) is 10.3 Å². The average molecular weight is 461 g/mol. The van der Waals surface area contributed by atoms with Crippen LogP contribution < -0.4 is 11.1 Å². The van der Waals surface area contributed by atoms with Gasteiger partial charge in [0.25, 0.3) is 0 Å². The fourth-order valence-electron chi connectivity index (χ4n) is 3.62. The number of hydrogen-bond acceptors (Lipinski definition) is 6. The van der Waals surface area contributed by atoms with E-state index >= 15 is 0 Å². The van der Waals surface area contributed by atoms with Gasteiger partial charge in [-0.1, -0.05) is 35.9 Å². The van der Waals surface area contributed by atoms with Gasteiger partial charge in [0.2, 0.25) is 0 Å². The molecule has 3 rings (SSSR count). The van der Waals surface area contributed by atoms with Gasteiger partial charge in [0.1, 0.15) is 0 Å². The zero-order valence-corrected chi connectivity index (χ0v) is 19.4. The molecule has 33 heavy (non-hydrogen) atoms. The number of ketones is 1. The molecule has 1 atom stereocenters. The minimum atomic E-state index is -0.169. The fraction of sp³-hybridized carbons (Fsp3) is 0.154. The van der Waals surface area contributed by atoms with Gasteiger partial charge in [-0.2, -0.15) is 0 Å². The van der Waals surface area contributed by atoms with Gasteiger partial charge in [-0.3, -0.25) is 20.0 Å². The molecule has 0 saturated heterocycles. The fourth-order valence-corrected chi connectivity index (χ4v) is 3.84. The number of carbonyl (C=O) groups is 2. The largest absolute Gasteiger partial charge is 0.402 e. The van der Waals surface area contributed by atoms with Crippen LogP contribution in [0.5, 0.6) is 0 Å². The van der Waals surface area contributed by atoms with E-state index in [1.807, 2.05) is 31.2 Å². The normalized spacial score (nSPS) is 12.5. The molecule has 0 saturated carbocycles. The minimum absolute atomic E-state index is 0.141. The molecule has 0 unspecified atom stereocenters.